The standard InChI is InChI=1S/C13H16F3NO2.C13H12F3NO2.C10H9NO2.C3H4BrF3.CH4.ClH.2H2O.Pd.H2/c2*1-19-12(18)10-4-2-9(3-5-10)11(8-17)6-7-13(14,15)16;1-13-10(12)9-4-2-8(3-5-9)6-7-11;4-2-1-3(5,6)7;;;;;;/h2-5,11H,6-8,17H2,1H3;2-5,11H,6-7H2,1H3;2-5H,6H2,1H3;1-2H2;1H4;1H;2*1H2;;1H. The Morgan fingerprint density at radius 1 is 0.651 bits per heavy atom. The van der Waals surface area contributed by atoms with E-state index in [0.29, 0.717) is 34.2 Å². The van der Waals surface area contributed by atoms with E-state index >= 15 is 0 Å². The number of carbonyl (C=O) groups is 3. The molecule has 3 aromatic rings. The first-order chi connectivity index (χ1) is 27.1. The molecule has 362 valence electrons. The maximum atomic E-state index is 12.2. The third-order valence-electron chi connectivity index (χ3n) is 7.51. The molecule has 6 N–H and O–H groups in total. The van der Waals surface area contributed by atoms with Gasteiger partial charge in [-0.3, -0.25) is 0 Å². The topological polar surface area (TPSA) is 216 Å². The number of esters is 3. The Labute approximate surface area is 389 Å². The number of nitrogens with two attached hydrogens (primary N) is 1. The Morgan fingerprint density at radius 3 is 1.25 bits per heavy atom. The first-order valence-corrected chi connectivity index (χ1v) is 18.0. The average molecular weight is 1100 g/mol. The zero-order valence-electron chi connectivity index (χ0n) is 33.2. The van der Waals surface area contributed by atoms with Gasteiger partial charge in [0.15, 0.2) is 0 Å². The number of hydrogen-bond donors (Lipinski definition) is 1. The molecule has 0 saturated heterocycles. The summed E-state index contributed by atoms with van der Waals surface area (Å²) in [5.41, 5.74) is 8.70. The third kappa shape index (κ3) is 32.1. The van der Waals surface area contributed by atoms with Crippen molar-refractivity contribution in [3.05, 3.63) is 106 Å². The van der Waals surface area contributed by atoms with Crippen molar-refractivity contribution in [2.24, 2.45) is 5.73 Å². The van der Waals surface area contributed by atoms with Gasteiger partial charge in [0.05, 0.1) is 68.9 Å². The molecule has 63 heavy (non-hydrogen) atoms. The summed E-state index contributed by atoms with van der Waals surface area (Å²) in [4.78, 5) is 33.4. The molecule has 11 nitrogen and oxygen atoms in total. The molecule has 0 aliphatic heterocycles. The average Bonchev–Trinajstić information content (AvgIpc) is 3.18. The van der Waals surface area contributed by atoms with Gasteiger partial charge in [0.25, 0.3) is 0 Å². The molecule has 2 unspecified atom stereocenters. The van der Waals surface area contributed by atoms with Gasteiger partial charge in [-0.15, -0.1) is 12.4 Å². The first-order valence-electron chi connectivity index (χ1n) is 16.8. The summed E-state index contributed by atoms with van der Waals surface area (Å²) < 4.78 is 120. The van der Waals surface area contributed by atoms with Crippen LogP contribution in [0, 0.1) is 22.7 Å². The van der Waals surface area contributed by atoms with Crippen molar-refractivity contribution in [3.63, 3.8) is 0 Å². The Hall–Kier alpha value is -4.27. The second kappa shape index (κ2) is 36.1. The SMILES string of the molecule is C.COC(=O)c1ccc(C(C#N)CCC(F)(F)F)cc1.COC(=O)c1ccc(C(CN)CCC(F)(F)F)cc1.COC(=O)c1ccc(CC#N)cc1.Cl.FC(F)(F)CCBr.O.O.[HH].[Pd]. The zero-order chi connectivity index (χ0) is 44.5. The van der Waals surface area contributed by atoms with Crippen LogP contribution in [0.5, 0.6) is 0 Å². The number of methoxy groups -OCH3 is 3. The summed E-state index contributed by atoms with van der Waals surface area (Å²) in [7, 11) is 3.84. The molecule has 0 aliphatic rings. The van der Waals surface area contributed by atoms with Crippen molar-refractivity contribution in [1.29, 1.82) is 10.5 Å². The van der Waals surface area contributed by atoms with Gasteiger partial charge in [-0.05, 0) is 78.4 Å². The van der Waals surface area contributed by atoms with Gasteiger partial charge in [0, 0.05) is 40.0 Å². The van der Waals surface area contributed by atoms with Crippen LogP contribution in [-0.4, -0.2) is 80.6 Å². The van der Waals surface area contributed by atoms with Crippen molar-refractivity contribution in [2.75, 3.05) is 33.2 Å². The summed E-state index contributed by atoms with van der Waals surface area (Å²) in [5, 5.41) is 17.3. The summed E-state index contributed by atoms with van der Waals surface area (Å²) in [6.45, 7) is 0.133. The molecule has 0 amide bonds. The van der Waals surface area contributed by atoms with Crippen LogP contribution in [0.2, 0.25) is 0 Å². The van der Waals surface area contributed by atoms with Crippen molar-refractivity contribution in [2.45, 2.75) is 76.3 Å². The quantitative estimate of drug-likeness (QED) is 0.0600. The first kappa shape index (κ1) is 70.4. The number of rotatable bonds is 12. The molecule has 0 spiro atoms. The molecule has 0 aromatic heterocycles. The maximum Gasteiger partial charge on any atom is 0.389 e. The van der Waals surface area contributed by atoms with E-state index in [2.05, 4.69) is 30.1 Å². The number of halogens is 11. The number of nitriles is 2. The number of nitrogens with zero attached hydrogens (tertiary/aromatic N) is 2. The normalized spacial score (nSPS) is 10.9. The third-order valence-corrected chi connectivity index (χ3v) is 7.90. The van der Waals surface area contributed by atoms with E-state index in [4.69, 9.17) is 16.3 Å². The van der Waals surface area contributed by atoms with E-state index in [1.54, 1.807) is 36.4 Å². The number of alkyl halides is 10. The van der Waals surface area contributed by atoms with Gasteiger partial charge in [-0.25, -0.2) is 14.4 Å². The Bertz CT molecular complexity index is 1780. The predicted molar refractivity (Wildman–Crippen MR) is 221 cm³/mol. The predicted octanol–water partition coefficient (Wildman–Crippen LogP) is 9.81. The second-order valence-electron chi connectivity index (χ2n) is 11.7. The van der Waals surface area contributed by atoms with Gasteiger partial charge < -0.3 is 30.9 Å². The zero-order valence-corrected chi connectivity index (χ0v) is 37.1. The summed E-state index contributed by atoms with van der Waals surface area (Å²) in [6, 6.07) is 22.7. The van der Waals surface area contributed by atoms with Crippen LogP contribution in [0.25, 0.3) is 0 Å². The minimum Gasteiger partial charge on any atom is -0.465 e. The fourth-order valence-electron chi connectivity index (χ4n) is 4.43. The van der Waals surface area contributed by atoms with Crippen LogP contribution in [0.3, 0.4) is 0 Å². The number of ether oxygens (including phenoxy) is 3. The van der Waals surface area contributed by atoms with Gasteiger partial charge in [-0.2, -0.15) is 50.0 Å². The summed E-state index contributed by atoms with van der Waals surface area (Å²) in [5.74, 6) is -2.58. The van der Waals surface area contributed by atoms with E-state index in [-0.39, 0.29) is 89.2 Å². The minimum absolute atomic E-state index is 0. The van der Waals surface area contributed by atoms with E-state index in [9.17, 15) is 53.9 Å². The molecular weight excluding hydrogens is 1040 g/mol. The van der Waals surface area contributed by atoms with E-state index < -0.39 is 55.6 Å². The van der Waals surface area contributed by atoms with Crippen LogP contribution in [0.15, 0.2) is 72.8 Å². The Balaban J connectivity index is -0.000000137. The van der Waals surface area contributed by atoms with Crippen LogP contribution in [0.1, 0.15) is 101 Å². The van der Waals surface area contributed by atoms with Crippen molar-refractivity contribution in [1.82, 2.24) is 0 Å². The van der Waals surface area contributed by atoms with Gasteiger partial charge in [0.1, 0.15) is 0 Å². The molecule has 0 bridgehead atoms. The van der Waals surface area contributed by atoms with Crippen molar-refractivity contribution < 1.29 is 101 Å². The van der Waals surface area contributed by atoms with E-state index in [1.807, 2.05) is 12.1 Å². The van der Waals surface area contributed by atoms with E-state index in [1.165, 1.54) is 57.7 Å². The molecule has 3 aromatic carbocycles. The molecule has 3 rings (SSSR count). The van der Waals surface area contributed by atoms with Crippen molar-refractivity contribution >= 4 is 46.2 Å². The second-order valence-corrected chi connectivity index (χ2v) is 12.5. The molecule has 0 saturated carbocycles. The molecule has 2 atom stereocenters. The maximum absolute atomic E-state index is 12.2. The van der Waals surface area contributed by atoms with Crippen LogP contribution in [-0.2, 0) is 41.1 Å². The molecule has 0 heterocycles. The molecule has 0 fully saturated rings. The number of hydrogen-bond acceptors (Lipinski definition) is 9. The van der Waals surface area contributed by atoms with Gasteiger partial charge in [0.2, 0.25) is 0 Å². The van der Waals surface area contributed by atoms with Crippen LogP contribution in [0.4, 0.5) is 39.5 Å². The Morgan fingerprint density at radius 2 is 0.984 bits per heavy atom. The largest absolute Gasteiger partial charge is 0.465 e. The summed E-state index contributed by atoms with van der Waals surface area (Å²) in [6.07, 6.45) is -15.1. The Kier molecular flexibility index (Phi) is 40.4. The molecular formula is C40H52BrClF9N3O8Pd. The number of benzene rings is 3. The monoisotopic (exact) mass is 1090 g/mol. The van der Waals surface area contributed by atoms with Gasteiger partial charge in [-0.1, -0.05) is 59.8 Å². The molecule has 23 heteroatoms. The fourth-order valence-corrected chi connectivity index (χ4v) is 4.88. The van der Waals surface area contributed by atoms with Crippen LogP contribution >= 0.6 is 28.3 Å². The fraction of sp³-hybridized carbons (Fsp3) is 0.425. The van der Waals surface area contributed by atoms with Crippen molar-refractivity contribution in [3.8, 4) is 12.1 Å². The van der Waals surface area contributed by atoms with Crippen LogP contribution < -0.4 is 5.73 Å². The molecule has 0 radical (unpaired) electrons. The summed E-state index contributed by atoms with van der Waals surface area (Å²) >= 11 is 2.67. The molecule has 0 aliphatic carbocycles. The number of carbonyl (C=O) groups excluding carboxylic acids is 3. The smallest absolute Gasteiger partial charge is 0.389 e. The van der Waals surface area contributed by atoms with E-state index in [0.717, 1.165) is 5.56 Å². The minimum atomic E-state index is -4.28. The van der Waals surface area contributed by atoms with Gasteiger partial charge >= 0.3 is 36.4 Å².